The molecular formula is C22H20F2N6O9. The molecule has 1 amide bonds. The molecule has 0 saturated carbocycles. The number of amides is 1. The summed E-state index contributed by atoms with van der Waals surface area (Å²) in [6, 6.07) is 1.03. The predicted octanol–water partition coefficient (Wildman–Crippen LogP) is -0.136. The minimum Gasteiger partial charge on any atom is -0.508 e. The van der Waals surface area contributed by atoms with Gasteiger partial charge in [-0.15, -0.1) is 5.10 Å². The van der Waals surface area contributed by atoms with Crippen LogP contribution in [0.15, 0.2) is 53.3 Å². The monoisotopic (exact) mass is 550 g/mol. The number of hydrogen-bond donors (Lipinski definition) is 4. The van der Waals surface area contributed by atoms with Crippen molar-refractivity contribution in [3.63, 3.8) is 0 Å². The lowest BCUT2D eigenvalue weighted by Gasteiger charge is -2.27. The highest BCUT2D eigenvalue weighted by Crippen LogP contribution is 2.42. The third kappa shape index (κ3) is 5.01. The molecule has 0 bridgehead atoms. The fraction of sp³-hybridized carbons (Fsp3) is 0.364. The zero-order valence-electron chi connectivity index (χ0n) is 19.6. The smallest absolute Gasteiger partial charge is 0.413 e. The summed E-state index contributed by atoms with van der Waals surface area (Å²) >= 11 is 0. The van der Waals surface area contributed by atoms with E-state index in [1.165, 1.54) is 18.3 Å². The maximum Gasteiger partial charge on any atom is 0.413 e. The van der Waals surface area contributed by atoms with Crippen molar-refractivity contribution in [2.24, 2.45) is 5.92 Å². The van der Waals surface area contributed by atoms with E-state index in [9.17, 15) is 33.4 Å². The lowest BCUT2D eigenvalue weighted by atomic mass is 9.94. The Hall–Kier alpha value is -4.48. The molecule has 1 aliphatic carbocycles. The normalized spacial score (nSPS) is 27.3. The van der Waals surface area contributed by atoms with Crippen molar-refractivity contribution in [1.29, 1.82) is 0 Å². The van der Waals surface area contributed by atoms with Crippen LogP contribution in [0.1, 0.15) is 11.9 Å². The Kier molecular flexibility index (Phi) is 6.71. The Labute approximate surface area is 216 Å². The molecule has 2 aliphatic heterocycles. The topological polar surface area (TPSA) is 200 Å². The van der Waals surface area contributed by atoms with Gasteiger partial charge >= 0.3 is 23.7 Å². The van der Waals surface area contributed by atoms with E-state index in [2.05, 4.69) is 20.6 Å². The van der Waals surface area contributed by atoms with Crippen LogP contribution in [0.4, 0.5) is 19.4 Å². The van der Waals surface area contributed by atoms with Crippen molar-refractivity contribution < 1.29 is 47.9 Å². The second kappa shape index (κ2) is 10.0. The van der Waals surface area contributed by atoms with Crippen LogP contribution >= 0.6 is 0 Å². The van der Waals surface area contributed by atoms with Gasteiger partial charge in [-0.2, -0.15) is 13.8 Å². The number of fused-ring (bicyclic) bond motifs is 1. The third-order valence-electron chi connectivity index (χ3n) is 6.02. The van der Waals surface area contributed by atoms with Crippen LogP contribution in [-0.4, -0.2) is 82.8 Å². The molecule has 39 heavy (non-hydrogen) atoms. The molecule has 5 rings (SSSR count). The Morgan fingerprint density at radius 3 is 2.79 bits per heavy atom. The van der Waals surface area contributed by atoms with Gasteiger partial charge in [0, 0.05) is 12.1 Å². The van der Waals surface area contributed by atoms with E-state index in [0.29, 0.717) is 4.57 Å². The van der Waals surface area contributed by atoms with E-state index in [1.807, 2.05) is 0 Å². The summed E-state index contributed by atoms with van der Waals surface area (Å²) in [7, 11) is 0. The first-order chi connectivity index (χ1) is 18.6. The van der Waals surface area contributed by atoms with Crippen LogP contribution in [-0.2, 0) is 25.6 Å². The number of ether oxygens (including phenoxy) is 3. The van der Waals surface area contributed by atoms with Gasteiger partial charge in [0.2, 0.25) is 6.23 Å². The molecular weight excluding hydrogens is 530 g/mol. The Balaban J connectivity index is 1.19. The quantitative estimate of drug-likeness (QED) is 0.348. The van der Waals surface area contributed by atoms with Gasteiger partial charge in [0.1, 0.15) is 41.8 Å². The van der Waals surface area contributed by atoms with Gasteiger partial charge in [0.25, 0.3) is 0 Å². The second-order valence-corrected chi connectivity index (χ2v) is 8.64. The molecule has 4 N–H and O–H groups in total. The van der Waals surface area contributed by atoms with Gasteiger partial charge < -0.3 is 29.5 Å². The zero-order chi connectivity index (χ0) is 27.9. The van der Waals surface area contributed by atoms with E-state index in [1.54, 1.807) is 12.2 Å². The number of hydrogen-bond acceptors (Lipinski definition) is 12. The molecule has 0 aromatic carbocycles. The van der Waals surface area contributed by atoms with Crippen molar-refractivity contribution in [1.82, 2.24) is 24.5 Å². The van der Waals surface area contributed by atoms with Crippen molar-refractivity contribution in [2.45, 2.75) is 37.1 Å². The molecule has 2 aromatic heterocycles. The number of halogens is 2. The highest BCUT2D eigenvalue weighted by Gasteiger charge is 2.59. The van der Waals surface area contributed by atoms with Crippen LogP contribution in [0.25, 0.3) is 5.70 Å². The van der Waals surface area contributed by atoms with Gasteiger partial charge in [0.15, 0.2) is 6.10 Å². The summed E-state index contributed by atoms with van der Waals surface area (Å²) < 4.78 is 45.3. The number of aliphatic hydroxyl groups excluding tert-OH is 3. The number of allylic oxidation sites excluding steroid dienone is 1. The van der Waals surface area contributed by atoms with Crippen molar-refractivity contribution >= 4 is 23.6 Å². The summed E-state index contributed by atoms with van der Waals surface area (Å²) in [4.78, 5) is 40.3. The number of nitrogens with one attached hydrogen (secondary N) is 1. The van der Waals surface area contributed by atoms with E-state index in [4.69, 9.17) is 19.3 Å². The largest absolute Gasteiger partial charge is 0.508 e. The Morgan fingerprint density at radius 2 is 2.08 bits per heavy atom. The summed E-state index contributed by atoms with van der Waals surface area (Å²) in [5, 5.41) is 38.0. The predicted molar refractivity (Wildman–Crippen MR) is 122 cm³/mol. The highest BCUT2D eigenvalue weighted by atomic mass is 19.3. The zero-order valence-corrected chi connectivity index (χ0v) is 19.6. The fourth-order valence-corrected chi connectivity index (χ4v) is 4.06. The minimum absolute atomic E-state index is 0.0175. The first-order valence-corrected chi connectivity index (χ1v) is 11.4. The van der Waals surface area contributed by atoms with Gasteiger partial charge in [-0.25, -0.2) is 19.1 Å². The molecule has 0 spiro atoms. The third-order valence-corrected chi connectivity index (χ3v) is 6.02. The lowest BCUT2D eigenvalue weighted by molar-refractivity contribution is -0.142. The molecule has 5 atom stereocenters. The van der Waals surface area contributed by atoms with Crippen LogP contribution in [0.3, 0.4) is 0 Å². The number of nitrogens with zero attached hydrogens (tertiary/aromatic N) is 5. The lowest BCUT2D eigenvalue weighted by Crippen LogP contribution is -2.41. The maximum atomic E-state index is 14.3. The van der Waals surface area contributed by atoms with E-state index >= 15 is 0 Å². The SMILES string of the molecule is O=C(Nc1ccn(C2OC(CO)C(O)C2(F)F)c(=O)n1)OCc1cn(C2=CC3C=CC(O)=CC3OC2=O)nn1. The highest BCUT2D eigenvalue weighted by molar-refractivity contribution is 6.10. The molecule has 1 fully saturated rings. The van der Waals surface area contributed by atoms with Crippen LogP contribution in [0, 0.1) is 5.92 Å². The van der Waals surface area contributed by atoms with E-state index in [-0.39, 0.29) is 28.9 Å². The standard InChI is InChI=1S/C22H20F2N6O9/c23-22(24)17(33)15(8-31)39-19(22)29-4-3-16(25-20(29)35)26-21(36)37-9-11-7-30(28-27-11)13-5-10-1-2-12(32)6-14(10)38-18(13)34/h1-7,10,14-15,17,19,31-33H,8-9H2,(H,25,26,35,36). The Morgan fingerprint density at radius 1 is 1.28 bits per heavy atom. The molecule has 0 radical (unpaired) electrons. The van der Waals surface area contributed by atoms with E-state index < -0.39 is 61.4 Å². The molecule has 1 saturated heterocycles. The van der Waals surface area contributed by atoms with Crippen molar-refractivity contribution in [2.75, 3.05) is 11.9 Å². The van der Waals surface area contributed by atoms with Crippen LogP contribution < -0.4 is 11.0 Å². The van der Waals surface area contributed by atoms with Gasteiger partial charge in [-0.1, -0.05) is 11.3 Å². The number of aliphatic hydroxyl groups is 3. The number of carbonyl (C=O) groups is 2. The summed E-state index contributed by atoms with van der Waals surface area (Å²) in [6.45, 7) is -1.28. The summed E-state index contributed by atoms with van der Waals surface area (Å²) in [5.74, 6) is -5.25. The Bertz CT molecular complexity index is 1450. The van der Waals surface area contributed by atoms with Crippen molar-refractivity contribution in [3.8, 4) is 0 Å². The van der Waals surface area contributed by atoms with Gasteiger partial charge in [0.05, 0.1) is 12.8 Å². The number of alkyl halides is 2. The molecule has 5 unspecified atom stereocenters. The number of aromatic nitrogens is 5. The molecule has 15 nitrogen and oxygen atoms in total. The maximum absolute atomic E-state index is 14.3. The minimum atomic E-state index is -3.89. The fourth-order valence-electron chi connectivity index (χ4n) is 4.06. The molecule has 206 valence electrons. The van der Waals surface area contributed by atoms with Crippen LogP contribution in [0.2, 0.25) is 0 Å². The summed E-state index contributed by atoms with van der Waals surface area (Å²) in [6.07, 6.45) is 0.464. The second-order valence-electron chi connectivity index (χ2n) is 8.64. The van der Waals surface area contributed by atoms with Gasteiger partial charge in [-0.3, -0.25) is 9.88 Å². The average molecular weight is 550 g/mol. The molecule has 2 aromatic rings. The molecule has 4 heterocycles. The number of anilines is 1. The number of esters is 1. The van der Waals surface area contributed by atoms with Crippen molar-refractivity contribution in [3.05, 3.63) is 64.7 Å². The van der Waals surface area contributed by atoms with Crippen LogP contribution in [0.5, 0.6) is 0 Å². The first-order valence-electron chi connectivity index (χ1n) is 11.4. The molecule has 3 aliphatic rings. The summed E-state index contributed by atoms with van der Waals surface area (Å²) in [5.41, 5.74) is -1.00. The average Bonchev–Trinajstić information content (AvgIpc) is 3.45. The molecule has 17 heteroatoms. The van der Waals surface area contributed by atoms with Gasteiger partial charge in [-0.05, 0) is 24.3 Å². The number of carbonyl (C=O) groups excluding carboxylic acids is 2. The number of rotatable bonds is 6. The van der Waals surface area contributed by atoms with E-state index in [0.717, 1.165) is 16.9 Å². The first kappa shape index (κ1) is 26.1.